The van der Waals surface area contributed by atoms with Crippen molar-refractivity contribution in [2.75, 3.05) is 19.8 Å². The van der Waals surface area contributed by atoms with Crippen LogP contribution in [0.15, 0.2) is 30.5 Å². The number of hydrogen-bond donors (Lipinski definition) is 1. The zero-order valence-electron chi connectivity index (χ0n) is 26.9. The van der Waals surface area contributed by atoms with E-state index in [0.717, 1.165) is 47.2 Å². The maximum atomic E-state index is 15.9. The summed E-state index contributed by atoms with van der Waals surface area (Å²) in [4.78, 5) is 13.3. The number of benzene rings is 2. The number of aromatic nitrogens is 2. The van der Waals surface area contributed by atoms with Gasteiger partial charge in [0.15, 0.2) is 6.23 Å². The molecule has 1 unspecified atom stereocenters. The number of halogens is 5. The number of alkyl halides is 3. The van der Waals surface area contributed by atoms with Crippen LogP contribution < -0.4 is 10.1 Å². The number of ether oxygens (including phenoxy) is 3. The molecule has 0 spiro atoms. The van der Waals surface area contributed by atoms with Gasteiger partial charge in [0.1, 0.15) is 29.6 Å². The summed E-state index contributed by atoms with van der Waals surface area (Å²) in [7, 11) is 0. The van der Waals surface area contributed by atoms with Crippen LogP contribution in [0.3, 0.4) is 0 Å². The van der Waals surface area contributed by atoms with Gasteiger partial charge in [-0.2, -0.15) is 18.3 Å². The van der Waals surface area contributed by atoms with E-state index in [2.05, 4.69) is 10.4 Å². The summed E-state index contributed by atoms with van der Waals surface area (Å²) in [5.41, 5.74) is -0.369. The standard InChI is InChI=1S/C33H41F5N4O4/c1-19-13-22-21(10-11-26-23(22)16-39-42(26)27-9-7-8-12-44-27)29(41(19)17-33(36,37)38)28-24(34)14-20(15-25(28)35)45-18-32(5,6)40-30(43)46-31(2,3)4/h10-11,14-16,19,27,29H,7-9,12-13,17-18H2,1-6H3,(H,40,43)/t19-,27?,29+/m1/s1. The predicted molar refractivity (Wildman–Crippen MR) is 162 cm³/mol. The average Bonchev–Trinajstić information content (AvgIpc) is 3.36. The molecule has 8 nitrogen and oxygen atoms in total. The van der Waals surface area contributed by atoms with Crippen molar-refractivity contribution in [2.45, 2.75) is 103 Å². The third-order valence-electron chi connectivity index (χ3n) is 8.18. The Hall–Kier alpha value is -3.45. The molecule has 252 valence electrons. The number of fused-ring (bicyclic) bond motifs is 3. The van der Waals surface area contributed by atoms with Gasteiger partial charge in [0.05, 0.1) is 29.8 Å². The lowest BCUT2D eigenvalue weighted by atomic mass is 9.83. The van der Waals surface area contributed by atoms with E-state index in [1.165, 1.54) is 0 Å². The highest BCUT2D eigenvalue weighted by Crippen LogP contribution is 2.44. The van der Waals surface area contributed by atoms with E-state index in [9.17, 15) is 18.0 Å². The van der Waals surface area contributed by atoms with Crippen molar-refractivity contribution in [3.05, 3.63) is 58.8 Å². The number of rotatable bonds is 7. The Bertz CT molecular complexity index is 1550. The summed E-state index contributed by atoms with van der Waals surface area (Å²) in [5.74, 6) is -2.26. The molecule has 0 radical (unpaired) electrons. The molecule has 1 amide bonds. The second-order valence-electron chi connectivity index (χ2n) is 13.8. The van der Waals surface area contributed by atoms with Crippen LogP contribution in [0.25, 0.3) is 10.9 Å². The highest BCUT2D eigenvalue weighted by Gasteiger charge is 2.43. The average molecular weight is 653 g/mol. The molecule has 0 saturated carbocycles. The molecular formula is C33H41F5N4O4. The predicted octanol–water partition coefficient (Wildman–Crippen LogP) is 7.59. The van der Waals surface area contributed by atoms with Crippen LogP contribution in [0.5, 0.6) is 5.75 Å². The van der Waals surface area contributed by atoms with Crippen LogP contribution in [0.1, 0.15) is 89.8 Å². The quantitative estimate of drug-likeness (QED) is 0.265. The lowest BCUT2D eigenvalue weighted by Gasteiger charge is -2.43. The Balaban J connectivity index is 1.49. The SMILES string of the molecule is C[C@@H]1Cc2c(ccc3c2cnn3C2CCCCO2)[C@@H](c2c(F)cc(OCC(C)(C)NC(=O)OC(C)(C)C)cc2F)N1CC(F)(F)F. The van der Waals surface area contributed by atoms with E-state index < -0.39 is 59.2 Å². The topological polar surface area (TPSA) is 77.8 Å². The van der Waals surface area contributed by atoms with E-state index >= 15 is 8.78 Å². The highest BCUT2D eigenvalue weighted by molar-refractivity contribution is 5.84. The minimum Gasteiger partial charge on any atom is -0.491 e. The number of carbonyl (C=O) groups is 1. The normalized spacial score (nSPS) is 21.2. The van der Waals surface area contributed by atoms with Crippen LogP contribution >= 0.6 is 0 Å². The molecule has 3 aromatic rings. The van der Waals surface area contributed by atoms with Crippen molar-refractivity contribution < 1.29 is 41.0 Å². The first-order valence-electron chi connectivity index (χ1n) is 15.5. The van der Waals surface area contributed by atoms with E-state index in [0.29, 0.717) is 17.7 Å². The molecule has 2 aliphatic heterocycles. The number of nitrogens with one attached hydrogen (secondary N) is 1. The summed E-state index contributed by atoms with van der Waals surface area (Å²) in [6, 6.07) is 3.24. The number of hydrogen-bond acceptors (Lipinski definition) is 6. The van der Waals surface area contributed by atoms with E-state index in [1.807, 2.05) is 0 Å². The van der Waals surface area contributed by atoms with Crippen molar-refractivity contribution in [1.29, 1.82) is 0 Å². The van der Waals surface area contributed by atoms with Crippen LogP contribution in [-0.4, -0.2) is 63.9 Å². The number of nitrogens with zero attached hydrogens (tertiary/aromatic N) is 3. The third kappa shape index (κ3) is 7.57. The van der Waals surface area contributed by atoms with Gasteiger partial charge in [-0.1, -0.05) is 6.07 Å². The number of amides is 1. The maximum Gasteiger partial charge on any atom is 0.408 e. The molecule has 2 aromatic carbocycles. The second-order valence-corrected chi connectivity index (χ2v) is 13.8. The monoisotopic (exact) mass is 652 g/mol. The molecule has 0 bridgehead atoms. The lowest BCUT2D eigenvalue weighted by Crippen LogP contribution is -2.49. The van der Waals surface area contributed by atoms with Gasteiger partial charge in [-0.15, -0.1) is 0 Å². The molecule has 3 heterocycles. The minimum absolute atomic E-state index is 0.166. The van der Waals surface area contributed by atoms with E-state index in [4.69, 9.17) is 14.2 Å². The molecule has 5 rings (SSSR count). The van der Waals surface area contributed by atoms with Gasteiger partial charge in [-0.3, -0.25) is 4.90 Å². The van der Waals surface area contributed by atoms with Crippen molar-refractivity contribution in [3.63, 3.8) is 0 Å². The first kappa shape index (κ1) is 33.9. The Morgan fingerprint density at radius 2 is 1.78 bits per heavy atom. The fraction of sp³-hybridized carbons (Fsp3) is 0.576. The summed E-state index contributed by atoms with van der Waals surface area (Å²) >= 11 is 0. The second kappa shape index (κ2) is 12.6. The molecule has 1 N–H and O–H groups in total. The Labute approximate surface area is 265 Å². The Kier molecular flexibility index (Phi) is 9.31. The molecule has 3 atom stereocenters. The summed E-state index contributed by atoms with van der Waals surface area (Å²) < 4.78 is 92.2. The molecule has 1 saturated heterocycles. The van der Waals surface area contributed by atoms with Crippen molar-refractivity contribution >= 4 is 17.0 Å². The maximum absolute atomic E-state index is 15.9. The lowest BCUT2D eigenvalue weighted by molar-refractivity contribution is -0.155. The van der Waals surface area contributed by atoms with Gasteiger partial charge >= 0.3 is 12.3 Å². The van der Waals surface area contributed by atoms with Gasteiger partial charge in [0.25, 0.3) is 0 Å². The minimum atomic E-state index is -4.61. The smallest absolute Gasteiger partial charge is 0.408 e. The van der Waals surface area contributed by atoms with E-state index in [-0.39, 0.29) is 25.0 Å². The molecule has 2 aliphatic rings. The molecule has 46 heavy (non-hydrogen) atoms. The molecule has 13 heteroatoms. The van der Waals surface area contributed by atoms with Crippen LogP contribution in [-0.2, 0) is 15.9 Å². The summed E-state index contributed by atoms with van der Waals surface area (Å²) in [5, 5.41) is 7.92. The van der Waals surface area contributed by atoms with Crippen LogP contribution in [0.2, 0.25) is 0 Å². The van der Waals surface area contributed by atoms with Crippen molar-refractivity contribution in [1.82, 2.24) is 20.0 Å². The van der Waals surface area contributed by atoms with Crippen molar-refractivity contribution in [3.8, 4) is 5.75 Å². The summed E-state index contributed by atoms with van der Waals surface area (Å²) in [6.07, 6.45) is -0.929. The molecule has 1 aromatic heterocycles. The Morgan fingerprint density at radius 3 is 2.39 bits per heavy atom. The van der Waals surface area contributed by atoms with Gasteiger partial charge in [0.2, 0.25) is 0 Å². The fourth-order valence-electron chi connectivity index (χ4n) is 6.23. The molecular weight excluding hydrogens is 611 g/mol. The van der Waals surface area contributed by atoms with Crippen molar-refractivity contribution in [2.24, 2.45) is 0 Å². The number of carbonyl (C=O) groups excluding carboxylic acids is 1. The van der Waals surface area contributed by atoms with Crippen LogP contribution in [0, 0.1) is 11.6 Å². The fourth-order valence-corrected chi connectivity index (χ4v) is 6.23. The van der Waals surface area contributed by atoms with Gasteiger partial charge < -0.3 is 19.5 Å². The highest BCUT2D eigenvalue weighted by atomic mass is 19.4. The van der Waals surface area contributed by atoms with E-state index in [1.54, 1.807) is 64.6 Å². The first-order valence-corrected chi connectivity index (χ1v) is 15.5. The number of alkyl carbamates (subject to hydrolysis) is 1. The largest absolute Gasteiger partial charge is 0.491 e. The molecule has 0 aliphatic carbocycles. The zero-order chi connectivity index (χ0) is 33.6. The van der Waals surface area contributed by atoms with Gasteiger partial charge in [-0.25, -0.2) is 18.3 Å². The molecule has 1 fully saturated rings. The first-order chi connectivity index (χ1) is 21.4. The van der Waals surface area contributed by atoms with Gasteiger partial charge in [0, 0.05) is 35.7 Å². The third-order valence-corrected chi connectivity index (χ3v) is 8.18. The van der Waals surface area contributed by atoms with Crippen LogP contribution in [0.4, 0.5) is 26.7 Å². The Morgan fingerprint density at radius 1 is 1.09 bits per heavy atom. The summed E-state index contributed by atoms with van der Waals surface area (Å²) in [6.45, 7) is 9.16. The zero-order valence-corrected chi connectivity index (χ0v) is 26.9. The van der Waals surface area contributed by atoms with Gasteiger partial charge in [-0.05, 0) is 84.4 Å².